The van der Waals surface area contributed by atoms with Crippen molar-refractivity contribution in [2.24, 2.45) is 0 Å². The van der Waals surface area contributed by atoms with Gasteiger partial charge in [-0.05, 0) is 41.7 Å². The van der Waals surface area contributed by atoms with Gasteiger partial charge in [-0.3, -0.25) is 4.79 Å². The normalized spacial score (nSPS) is 19.0. The zero-order valence-corrected chi connectivity index (χ0v) is 14.6. The zero-order chi connectivity index (χ0) is 17.6. The highest BCUT2D eigenvalue weighted by Gasteiger charge is 2.38. The van der Waals surface area contributed by atoms with E-state index >= 15 is 0 Å². The minimum Gasteiger partial charge on any atom is -0.454 e. The van der Waals surface area contributed by atoms with Crippen molar-refractivity contribution in [2.45, 2.75) is 24.7 Å². The second-order valence-electron chi connectivity index (χ2n) is 7.32. The Morgan fingerprint density at radius 1 is 1.04 bits per heavy atom. The second kappa shape index (κ2) is 5.90. The third-order valence-electron chi connectivity index (χ3n) is 5.88. The molecule has 0 aromatic heterocycles. The Bertz CT molecular complexity index is 894. The summed E-state index contributed by atoms with van der Waals surface area (Å²) in [7, 11) is 0. The van der Waals surface area contributed by atoms with E-state index in [0.29, 0.717) is 6.42 Å². The molecule has 0 unspecified atom stereocenters. The third-order valence-corrected chi connectivity index (χ3v) is 5.88. The number of amides is 1. The van der Waals surface area contributed by atoms with Crippen LogP contribution in [0.1, 0.15) is 29.5 Å². The molecule has 1 aliphatic carbocycles. The summed E-state index contributed by atoms with van der Waals surface area (Å²) in [5.74, 6) is 1.68. The first kappa shape index (κ1) is 15.5. The number of rotatable bonds is 2. The number of ether oxygens (including phenoxy) is 2. The van der Waals surface area contributed by atoms with E-state index in [1.165, 1.54) is 11.1 Å². The number of fused-ring (bicyclic) bond motifs is 3. The number of carbonyl (C=O) groups excluding carboxylic acids is 1. The van der Waals surface area contributed by atoms with Crippen LogP contribution in [0.2, 0.25) is 0 Å². The lowest BCUT2D eigenvalue weighted by Gasteiger charge is -2.39. The zero-order valence-electron chi connectivity index (χ0n) is 14.6. The second-order valence-corrected chi connectivity index (χ2v) is 7.32. The fourth-order valence-electron chi connectivity index (χ4n) is 4.36. The van der Waals surface area contributed by atoms with Crippen LogP contribution < -0.4 is 9.47 Å². The predicted molar refractivity (Wildman–Crippen MR) is 99.2 cm³/mol. The standard InChI is InChI=1S/C22H21NO3/c24-21(14-16-5-6-19-20(13-16)26-15-25-19)23-11-9-22(10-12-23)8-7-17-3-1-2-4-18(17)22/h1-8,13H,9-12,14-15H2. The maximum absolute atomic E-state index is 12.8. The van der Waals surface area contributed by atoms with Crippen LogP contribution >= 0.6 is 0 Å². The molecule has 0 saturated carbocycles. The number of piperidine rings is 1. The molecule has 0 N–H and O–H groups in total. The lowest BCUT2D eigenvalue weighted by molar-refractivity contribution is -0.131. The molecule has 26 heavy (non-hydrogen) atoms. The van der Waals surface area contributed by atoms with Crippen molar-refractivity contribution in [1.82, 2.24) is 4.90 Å². The average Bonchev–Trinajstić information content (AvgIpc) is 3.28. The molecule has 4 nitrogen and oxygen atoms in total. The molecule has 0 bridgehead atoms. The quantitative estimate of drug-likeness (QED) is 0.834. The Morgan fingerprint density at radius 2 is 1.85 bits per heavy atom. The maximum atomic E-state index is 12.8. The first-order valence-corrected chi connectivity index (χ1v) is 9.19. The number of nitrogens with zero attached hydrogens (tertiary/aromatic N) is 1. The maximum Gasteiger partial charge on any atom is 0.231 e. The molecular formula is C22H21NO3. The van der Waals surface area contributed by atoms with E-state index in [4.69, 9.17) is 9.47 Å². The largest absolute Gasteiger partial charge is 0.454 e. The summed E-state index contributed by atoms with van der Waals surface area (Å²) in [6, 6.07) is 14.4. The topological polar surface area (TPSA) is 38.8 Å². The van der Waals surface area contributed by atoms with Crippen molar-refractivity contribution < 1.29 is 14.3 Å². The molecule has 0 radical (unpaired) electrons. The van der Waals surface area contributed by atoms with Gasteiger partial charge in [0.1, 0.15) is 0 Å². The molecule has 1 fully saturated rings. The van der Waals surface area contributed by atoms with E-state index in [-0.39, 0.29) is 18.1 Å². The monoisotopic (exact) mass is 347 g/mol. The van der Waals surface area contributed by atoms with Crippen LogP contribution in [0, 0.1) is 0 Å². The number of likely N-dealkylation sites (tertiary alicyclic amines) is 1. The van der Waals surface area contributed by atoms with Crippen molar-refractivity contribution in [1.29, 1.82) is 0 Å². The summed E-state index contributed by atoms with van der Waals surface area (Å²) >= 11 is 0. The van der Waals surface area contributed by atoms with E-state index in [1.54, 1.807) is 0 Å². The van der Waals surface area contributed by atoms with Gasteiger partial charge in [0, 0.05) is 18.5 Å². The Labute approximate surface area is 153 Å². The van der Waals surface area contributed by atoms with Crippen molar-refractivity contribution in [3.05, 3.63) is 65.2 Å². The van der Waals surface area contributed by atoms with Gasteiger partial charge in [-0.2, -0.15) is 0 Å². The van der Waals surface area contributed by atoms with E-state index in [1.807, 2.05) is 23.1 Å². The molecule has 4 heteroatoms. The fourth-order valence-corrected chi connectivity index (χ4v) is 4.36. The number of carbonyl (C=O) groups is 1. The molecule has 132 valence electrons. The minimum atomic E-state index is 0.117. The molecule has 1 saturated heterocycles. The number of hydrogen-bond acceptors (Lipinski definition) is 3. The van der Waals surface area contributed by atoms with E-state index < -0.39 is 0 Å². The highest BCUT2D eigenvalue weighted by Crippen LogP contribution is 2.43. The van der Waals surface area contributed by atoms with E-state index in [2.05, 4.69) is 36.4 Å². The van der Waals surface area contributed by atoms with Crippen LogP contribution in [0.5, 0.6) is 11.5 Å². The van der Waals surface area contributed by atoms with Crippen LogP contribution in [0.4, 0.5) is 0 Å². The molecule has 2 aromatic carbocycles. The molecule has 5 rings (SSSR count). The number of allylic oxidation sites excluding steroid dienone is 1. The van der Waals surface area contributed by atoms with Crippen molar-refractivity contribution >= 4 is 12.0 Å². The number of benzene rings is 2. The van der Waals surface area contributed by atoms with Gasteiger partial charge in [-0.25, -0.2) is 0 Å². The third kappa shape index (κ3) is 2.48. The molecule has 1 spiro atoms. The molecule has 0 atom stereocenters. The summed E-state index contributed by atoms with van der Waals surface area (Å²) in [6.45, 7) is 1.88. The Kier molecular flexibility index (Phi) is 3.52. The molecule has 2 aromatic rings. The Hall–Kier alpha value is -2.75. The van der Waals surface area contributed by atoms with Crippen molar-refractivity contribution in [2.75, 3.05) is 19.9 Å². The van der Waals surface area contributed by atoms with Gasteiger partial charge >= 0.3 is 0 Å². The summed E-state index contributed by atoms with van der Waals surface area (Å²) in [6.07, 6.45) is 6.98. The summed E-state index contributed by atoms with van der Waals surface area (Å²) < 4.78 is 10.7. The molecule has 2 aliphatic heterocycles. The van der Waals surface area contributed by atoms with Crippen molar-refractivity contribution in [3.63, 3.8) is 0 Å². The molecule has 1 amide bonds. The van der Waals surface area contributed by atoms with Gasteiger partial charge < -0.3 is 14.4 Å². The molecular weight excluding hydrogens is 326 g/mol. The predicted octanol–water partition coefficient (Wildman–Crippen LogP) is 3.55. The molecule has 2 heterocycles. The summed E-state index contributed by atoms with van der Waals surface area (Å²) in [4.78, 5) is 14.8. The van der Waals surface area contributed by atoms with Crippen LogP contribution in [0.15, 0.2) is 48.5 Å². The molecule has 3 aliphatic rings. The van der Waals surface area contributed by atoms with Crippen LogP contribution in [0.3, 0.4) is 0 Å². The lowest BCUT2D eigenvalue weighted by atomic mass is 9.74. The average molecular weight is 347 g/mol. The first-order chi connectivity index (χ1) is 12.7. The van der Waals surface area contributed by atoms with Gasteiger partial charge in [-0.15, -0.1) is 0 Å². The highest BCUT2D eigenvalue weighted by molar-refractivity contribution is 5.79. The SMILES string of the molecule is O=C(Cc1ccc2c(c1)OCO2)N1CCC2(C=Cc3ccccc32)CC1. The van der Waals surface area contributed by atoms with Gasteiger partial charge in [0.05, 0.1) is 6.42 Å². The van der Waals surface area contributed by atoms with Gasteiger partial charge in [-0.1, -0.05) is 42.5 Å². The van der Waals surface area contributed by atoms with Gasteiger partial charge in [0.25, 0.3) is 0 Å². The fraction of sp³-hybridized carbons (Fsp3) is 0.318. The minimum absolute atomic E-state index is 0.117. The van der Waals surface area contributed by atoms with E-state index in [9.17, 15) is 4.79 Å². The summed E-state index contributed by atoms with van der Waals surface area (Å²) in [5, 5.41) is 0. The van der Waals surface area contributed by atoms with Gasteiger partial charge in [0.2, 0.25) is 12.7 Å². The smallest absolute Gasteiger partial charge is 0.231 e. The lowest BCUT2D eigenvalue weighted by Crippen LogP contribution is -2.44. The van der Waals surface area contributed by atoms with Crippen LogP contribution in [-0.4, -0.2) is 30.7 Å². The Morgan fingerprint density at radius 3 is 2.73 bits per heavy atom. The Balaban J connectivity index is 1.26. The van der Waals surface area contributed by atoms with Crippen LogP contribution in [-0.2, 0) is 16.6 Å². The van der Waals surface area contributed by atoms with E-state index in [0.717, 1.165) is 43.0 Å². The van der Waals surface area contributed by atoms with Gasteiger partial charge in [0.15, 0.2) is 11.5 Å². The summed E-state index contributed by atoms with van der Waals surface area (Å²) in [5.41, 5.74) is 3.84. The first-order valence-electron chi connectivity index (χ1n) is 9.19. The van der Waals surface area contributed by atoms with Crippen LogP contribution in [0.25, 0.3) is 6.08 Å². The van der Waals surface area contributed by atoms with Crippen molar-refractivity contribution in [3.8, 4) is 11.5 Å². The number of hydrogen-bond donors (Lipinski definition) is 0. The highest BCUT2D eigenvalue weighted by atomic mass is 16.7.